The summed E-state index contributed by atoms with van der Waals surface area (Å²) in [5.41, 5.74) is 0. The van der Waals surface area contributed by atoms with E-state index in [0.29, 0.717) is 13.0 Å². The number of carbonyl (C=O) groups excluding carboxylic acids is 1. The molecule has 2 aliphatic rings. The lowest BCUT2D eigenvalue weighted by atomic mass is 10.0. The lowest BCUT2D eigenvalue weighted by Crippen LogP contribution is -2.53. The second kappa shape index (κ2) is 5.04. The molecule has 2 heterocycles. The van der Waals surface area contributed by atoms with Crippen molar-refractivity contribution in [2.75, 3.05) is 20.1 Å². The third kappa shape index (κ3) is 2.44. The number of hydrogen-bond donors (Lipinski definition) is 1. The first-order valence-electron chi connectivity index (χ1n) is 6.35. The van der Waals surface area contributed by atoms with Gasteiger partial charge in [0.15, 0.2) is 0 Å². The molecule has 0 radical (unpaired) electrons. The third-order valence-electron chi connectivity index (χ3n) is 3.88. The molecule has 0 spiro atoms. The Kier molecular flexibility index (Phi) is 3.66. The van der Waals surface area contributed by atoms with Crippen LogP contribution in [0.1, 0.15) is 32.1 Å². The molecule has 0 bridgehead atoms. The molecule has 2 fully saturated rings. The molecule has 0 saturated carbocycles. The number of amides is 1. The Bertz CT molecular complexity index is 319. The minimum absolute atomic E-state index is 0.0112. The Morgan fingerprint density at radius 1 is 1.06 bits per heavy atom. The molecule has 1 N–H and O–H groups in total. The van der Waals surface area contributed by atoms with Gasteiger partial charge in [0.05, 0.1) is 6.04 Å². The predicted octanol–water partition coefficient (Wildman–Crippen LogP) is 0.546. The summed E-state index contributed by atoms with van der Waals surface area (Å²) in [7, 11) is 1.94. The van der Waals surface area contributed by atoms with Crippen molar-refractivity contribution in [2.45, 2.75) is 44.2 Å². The van der Waals surface area contributed by atoms with Crippen LogP contribution < -0.4 is 0 Å². The van der Waals surface area contributed by atoms with Crippen LogP contribution in [-0.4, -0.2) is 59.0 Å². The normalized spacial score (nSPS) is 30.5. The summed E-state index contributed by atoms with van der Waals surface area (Å²) < 4.78 is 0. The number of hydrogen-bond acceptors (Lipinski definition) is 3. The fourth-order valence-electron chi connectivity index (χ4n) is 2.87. The van der Waals surface area contributed by atoms with E-state index in [4.69, 9.17) is 5.11 Å². The summed E-state index contributed by atoms with van der Waals surface area (Å²) in [6.07, 6.45) is 4.31. The van der Waals surface area contributed by atoms with Crippen molar-refractivity contribution < 1.29 is 14.7 Å². The number of piperidine rings is 1. The van der Waals surface area contributed by atoms with Crippen molar-refractivity contribution >= 4 is 11.9 Å². The van der Waals surface area contributed by atoms with Crippen LogP contribution in [0.5, 0.6) is 0 Å². The maximum Gasteiger partial charge on any atom is 0.326 e. The van der Waals surface area contributed by atoms with Gasteiger partial charge < -0.3 is 10.0 Å². The maximum absolute atomic E-state index is 12.3. The Morgan fingerprint density at radius 3 is 2.35 bits per heavy atom. The number of nitrogens with zero attached hydrogens (tertiary/aromatic N) is 2. The first-order chi connectivity index (χ1) is 8.11. The van der Waals surface area contributed by atoms with Crippen LogP contribution in [0.3, 0.4) is 0 Å². The van der Waals surface area contributed by atoms with Crippen LogP contribution >= 0.6 is 0 Å². The summed E-state index contributed by atoms with van der Waals surface area (Å²) in [5.74, 6) is -0.851. The highest BCUT2D eigenvalue weighted by molar-refractivity contribution is 5.87. The lowest BCUT2D eigenvalue weighted by molar-refractivity contribution is -0.153. The average Bonchev–Trinajstić information content (AvgIpc) is 2.74. The first kappa shape index (κ1) is 12.4. The molecule has 1 amide bonds. The van der Waals surface area contributed by atoms with E-state index in [0.717, 1.165) is 32.2 Å². The van der Waals surface area contributed by atoms with E-state index in [1.54, 1.807) is 4.90 Å². The van der Waals surface area contributed by atoms with E-state index in [9.17, 15) is 9.59 Å². The highest BCUT2D eigenvalue weighted by Crippen LogP contribution is 2.23. The topological polar surface area (TPSA) is 60.9 Å². The molecule has 2 unspecified atom stereocenters. The zero-order chi connectivity index (χ0) is 12.4. The Labute approximate surface area is 101 Å². The second-order valence-electron chi connectivity index (χ2n) is 5.02. The summed E-state index contributed by atoms with van der Waals surface area (Å²) in [6.45, 7) is 1.53. The van der Waals surface area contributed by atoms with Crippen LogP contribution in [0.4, 0.5) is 0 Å². The number of rotatable bonds is 2. The van der Waals surface area contributed by atoms with Crippen molar-refractivity contribution in [3.05, 3.63) is 0 Å². The van der Waals surface area contributed by atoms with Gasteiger partial charge >= 0.3 is 5.97 Å². The van der Waals surface area contributed by atoms with Crippen molar-refractivity contribution in [2.24, 2.45) is 0 Å². The van der Waals surface area contributed by atoms with Gasteiger partial charge in [0.25, 0.3) is 0 Å². The van der Waals surface area contributed by atoms with Gasteiger partial charge in [-0.15, -0.1) is 0 Å². The van der Waals surface area contributed by atoms with Crippen LogP contribution in [0, 0.1) is 0 Å². The highest BCUT2D eigenvalue weighted by Gasteiger charge is 2.38. The minimum atomic E-state index is -0.862. The molecule has 0 aromatic heterocycles. The smallest absolute Gasteiger partial charge is 0.326 e. The number of likely N-dealkylation sites (N-methyl/N-ethyl adjacent to an activating group) is 1. The van der Waals surface area contributed by atoms with Crippen LogP contribution in [0.25, 0.3) is 0 Å². The van der Waals surface area contributed by atoms with Gasteiger partial charge in [-0.05, 0) is 45.7 Å². The summed E-state index contributed by atoms with van der Waals surface area (Å²) in [4.78, 5) is 27.1. The number of carbonyl (C=O) groups is 2. The SMILES string of the molecule is CN1CCCC1C(=O)N1CCCCC1C(=O)O. The van der Waals surface area contributed by atoms with Gasteiger partial charge in [-0.25, -0.2) is 4.79 Å². The van der Waals surface area contributed by atoms with Gasteiger partial charge in [-0.2, -0.15) is 0 Å². The molecule has 2 atom stereocenters. The number of carboxylic acids is 1. The van der Waals surface area contributed by atoms with Crippen molar-refractivity contribution in [3.8, 4) is 0 Å². The van der Waals surface area contributed by atoms with Crippen LogP contribution in [-0.2, 0) is 9.59 Å². The maximum atomic E-state index is 12.3. The monoisotopic (exact) mass is 240 g/mol. The van der Waals surface area contributed by atoms with Gasteiger partial charge in [0, 0.05) is 6.54 Å². The summed E-state index contributed by atoms with van der Waals surface area (Å²) in [6, 6.07) is -0.708. The largest absolute Gasteiger partial charge is 0.480 e. The number of aliphatic carboxylic acids is 1. The Balaban J connectivity index is 2.08. The zero-order valence-corrected chi connectivity index (χ0v) is 10.3. The minimum Gasteiger partial charge on any atom is -0.480 e. The highest BCUT2D eigenvalue weighted by atomic mass is 16.4. The van der Waals surface area contributed by atoms with Crippen molar-refractivity contribution in [1.29, 1.82) is 0 Å². The molecule has 2 aliphatic heterocycles. The standard InChI is InChI=1S/C12H20N2O3/c1-13-7-4-6-9(13)11(15)14-8-3-2-5-10(14)12(16)17/h9-10H,2-8H2,1H3,(H,16,17). The molecule has 0 aromatic rings. The molecule has 17 heavy (non-hydrogen) atoms. The van der Waals surface area contributed by atoms with Gasteiger partial charge in [0.1, 0.15) is 6.04 Å². The van der Waals surface area contributed by atoms with E-state index in [2.05, 4.69) is 0 Å². The number of carboxylic acid groups (broad SMARTS) is 1. The number of likely N-dealkylation sites (tertiary alicyclic amines) is 2. The molecule has 0 aliphatic carbocycles. The zero-order valence-electron chi connectivity index (χ0n) is 10.3. The van der Waals surface area contributed by atoms with E-state index < -0.39 is 12.0 Å². The Morgan fingerprint density at radius 2 is 1.76 bits per heavy atom. The average molecular weight is 240 g/mol. The molecular weight excluding hydrogens is 220 g/mol. The van der Waals surface area contributed by atoms with Gasteiger partial charge in [-0.3, -0.25) is 9.69 Å². The first-order valence-corrected chi connectivity index (χ1v) is 6.35. The van der Waals surface area contributed by atoms with Crippen LogP contribution in [0.2, 0.25) is 0 Å². The quantitative estimate of drug-likeness (QED) is 0.765. The predicted molar refractivity (Wildman–Crippen MR) is 62.6 cm³/mol. The van der Waals surface area contributed by atoms with Gasteiger partial charge in [-0.1, -0.05) is 0 Å². The summed E-state index contributed by atoms with van der Waals surface area (Å²) in [5, 5.41) is 9.16. The third-order valence-corrected chi connectivity index (χ3v) is 3.88. The molecule has 96 valence electrons. The van der Waals surface area contributed by atoms with Crippen molar-refractivity contribution in [1.82, 2.24) is 9.80 Å². The van der Waals surface area contributed by atoms with E-state index in [1.165, 1.54) is 0 Å². The fraction of sp³-hybridized carbons (Fsp3) is 0.833. The van der Waals surface area contributed by atoms with Crippen LogP contribution in [0.15, 0.2) is 0 Å². The van der Waals surface area contributed by atoms with Crippen molar-refractivity contribution in [3.63, 3.8) is 0 Å². The summed E-state index contributed by atoms with van der Waals surface area (Å²) >= 11 is 0. The van der Waals surface area contributed by atoms with E-state index in [1.807, 2.05) is 11.9 Å². The second-order valence-corrected chi connectivity index (χ2v) is 5.02. The van der Waals surface area contributed by atoms with E-state index in [-0.39, 0.29) is 11.9 Å². The van der Waals surface area contributed by atoms with Gasteiger partial charge in [0.2, 0.25) is 5.91 Å². The fourth-order valence-corrected chi connectivity index (χ4v) is 2.87. The van der Waals surface area contributed by atoms with E-state index >= 15 is 0 Å². The molecular formula is C12H20N2O3. The molecule has 2 saturated heterocycles. The Hall–Kier alpha value is -1.10. The lowest BCUT2D eigenvalue weighted by Gasteiger charge is -2.36. The molecule has 5 nitrogen and oxygen atoms in total. The molecule has 0 aromatic carbocycles. The molecule has 5 heteroatoms. The molecule has 2 rings (SSSR count).